The molecule has 4 aromatic rings. The molecule has 4 aromatic carbocycles. The minimum absolute atomic E-state index is 0.280. The van der Waals surface area contributed by atoms with Gasteiger partial charge in [0.05, 0.1) is 0 Å². The standard InChI is InChI=1S/2C17H18.C3H8.4C2H6.4CH4O/c2*1-3-9-15(10-4-1)17(13-7-8-14-17)16-11-5-2-6-12-16;1-3-2;8*1-2/h2*1-6,9-12H,7-8,13-14H2;3H2,1-2H3;4*1-2H3;4*2H,1H3. The van der Waals surface area contributed by atoms with E-state index in [4.69, 9.17) is 20.4 Å². The van der Waals surface area contributed by atoms with Crippen LogP contribution in [0.5, 0.6) is 0 Å². The maximum atomic E-state index is 7.00. The largest absolute Gasteiger partial charge is 0.400 e. The van der Waals surface area contributed by atoms with Crippen LogP contribution in [0.15, 0.2) is 121 Å². The van der Waals surface area contributed by atoms with Crippen molar-refractivity contribution < 1.29 is 20.4 Å². The Hall–Kier alpha value is -3.28. The molecule has 2 aliphatic rings. The van der Waals surface area contributed by atoms with Crippen molar-refractivity contribution in [3.63, 3.8) is 0 Å². The Morgan fingerprint density at radius 3 is 0.585 bits per heavy atom. The number of rotatable bonds is 4. The predicted octanol–water partition coefficient (Wildman–Crippen LogP) is 13.0. The van der Waals surface area contributed by atoms with Gasteiger partial charge in [-0.05, 0) is 47.9 Å². The van der Waals surface area contributed by atoms with E-state index in [1.54, 1.807) is 0 Å². The molecule has 2 saturated carbocycles. The van der Waals surface area contributed by atoms with Crippen LogP contribution in [-0.4, -0.2) is 48.9 Å². The molecule has 0 unspecified atom stereocenters. The zero-order valence-electron chi connectivity index (χ0n) is 36.7. The topological polar surface area (TPSA) is 80.9 Å². The number of hydrogen-bond acceptors (Lipinski definition) is 4. The molecular formula is C49H84O4. The van der Waals surface area contributed by atoms with E-state index in [1.807, 2.05) is 55.4 Å². The van der Waals surface area contributed by atoms with Crippen molar-refractivity contribution in [1.82, 2.24) is 0 Å². The fraction of sp³-hybridized carbons (Fsp3) is 0.510. The van der Waals surface area contributed by atoms with Crippen LogP contribution in [0, 0.1) is 0 Å². The van der Waals surface area contributed by atoms with Crippen molar-refractivity contribution in [3.05, 3.63) is 144 Å². The lowest BCUT2D eigenvalue weighted by Crippen LogP contribution is -2.23. The molecule has 53 heavy (non-hydrogen) atoms. The Labute approximate surface area is 329 Å². The van der Waals surface area contributed by atoms with E-state index < -0.39 is 0 Å². The zero-order valence-corrected chi connectivity index (χ0v) is 36.7. The molecule has 0 saturated heterocycles. The summed E-state index contributed by atoms with van der Waals surface area (Å²) in [6.07, 6.45) is 11.8. The molecule has 0 aliphatic heterocycles. The highest BCUT2D eigenvalue weighted by atomic mass is 16.2. The molecule has 6 rings (SSSR count). The van der Waals surface area contributed by atoms with Gasteiger partial charge in [0.2, 0.25) is 0 Å². The summed E-state index contributed by atoms with van der Waals surface area (Å²) >= 11 is 0. The Balaban J connectivity index is -0.000000200. The summed E-state index contributed by atoms with van der Waals surface area (Å²) in [6, 6.07) is 44.1. The summed E-state index contributed by atoms with van der Waals surface area (Å²) < 4.78 is 0. The Morgan fingerprint density at radius 2 is 0.453 bits per heavy atom. The number of benzene rings is 4. The van der Waals surface area contributed by atoms with Crippen LogP contribution in [-0.2, 0) is 10.8 Å². The molecule has 0 amide bonds. The van der Waals surface area contributed by atoms with Crippen molar-refractivity contribution in [1.29, 1.82) is 0 Å². The molecule has 0 bridgehead atoms. The van der Waals surface area contributed by atoms with Gasteiger partial charge in [0.15, 0.2) is 0 Å². The van der Waals surface area contributed by atoms with Crippen molar-refractivity contribution in [2.45, 2.75) is 138 Å². The monoisotopic (exact) mass is 737 g/mol. The van der Waals surface area contributed by atoms with Crippen LogP contribution in [0.1, 0.15) is 149 Å². The highest BCUT2D eigenvalue weighted by molar-refractivity contribution is 5.41. The van der Waals surface area contributed by atoms with Gasteiger partial charge in [-0.25, -0.2) is 0 Å². The van der Waals surface area contributed by atoms with E-state index in [9.17, 15) is 0 Å². The van der Waals surface area contributed by atoms with Gasteiger partial charge in [0.25, 0.3) is 0 Å². The maximum Gasteiger partial charge on any atom is 0.0319 e. The first kappa shape index (κ1) is 59.0. The van der Waals surface area contributed by atoms with Crippen LogP contribution in [0.3, 0.4) is 0 Å². The number of aliphatic hydroxyl groups is 4. The highest BCUT2D eigenvalue weighted by Crippen LogP contribution is 2.47. The molecule has 0 radical (unpaired) electrons. The molecule has 4 heteroatoms. The zero-order chi connectivity index (χ0) is 41.8. The first-order valence-corrected chi connectivity index (χ1v) is 20.3. The van der Waals surface area contributed by atoms with Crippen LogP contribution < -0.4 is 0 Å². The first-order chi connectivity index (χ1) is 26.2. The molecule has 0 heterocycles. The van der Waals surface area contributed by atoms with E-state index in [0.717, 1.165) is 28.4 Å². The number of hydrogen-bond donors (Lipinski definition) is 4. The lowest BCUT2D eigenvalue weighted by Gasteiger charge is -2.30. The molecular weight excluding hydrogens is 653 g/mol. The van der Waals surface area contributed by atoms with Crippen molar-refractivity contribution in [2.75, 3.05) is 28.4 Å². The molecule has 4 nitrogen and oxygen atoms in total. The van der Waals surface area contributed by atoms with Gasteiger partial charge in [-0.3, -0.25) is 0 Å². The lowest BCUT2D eigenvalue weighted by molar-refractivity contribution is 0.399. The van der Waals surface area contributed by atoms with E-state index >= 15 is 0 Å². The summed E-state index contributed by atoms with van der Waals surface area (Å²) in [5.41, 5.74) is 6.52. The summed E-state index contributed by atoms with van der Waals surface area (Å²) in [5.74, 6) is 0. The molecule has 0 spiro atoms. The van der Waals surface area contributed by atoms with Gasteiger partial charge >= 0.3 is 0 Å². The third-order valence-electron chi connectivity index (χ3n) is 8.22. The average molecular weight is 737 g/mol. The van der Waals surface area contributed by atoms with Gasteiger partial charge in [-0.1, -0.05) is 223 Å². The smallest absolute Gasteiger partial charge is 0.0319 e. The molecule has 0 aromatic heterocycles. The van der Waals surface area contributed by atoms with Gasteiger partial charge in [0, 0.05) is 39.3 Å². The Kier molecular flexibility index (Phi) is 50.0. The third-order valence-corrected chi connectivity index (χ3v) is 8.22. The summed E-state index contributed by atoms with van der Waals surface area (Å²) in [5, 5.41) is 28.0. The fourth-order valence-corrected chi connectivity index (χ4v) is 6.47. The molecule has 0 atom stereocenters. The average Bonchev–Trinajstić information content (AvgIpc) is 4.01. The second-order valence-electron chi connectivity index (χ2n) is 10.7. The summed E-state index contributed by atoms with van der Waals surface area (Å²) in [6.45, 7) is 20.2. The highest BCUT2D eigenvalue weighted by Gasteiger charge is 2.37. The Morgan fingerprint density at radius 1 is 0.321 bits per heavy atom. The van der Waals surface area contributed by atoms with E-state index in [2.05, 4.69) is 135 Å². The molecule has 304 valence electrons. The third kappa shape index (κ3) is 21.3. The van der Waals surface area contributed by atoms with Gasteiger partial charge < -0.3 is 20.4 Å². The normalized spacial score (nSPS) is 12.9. The van der Waals surface area contributed by atoms with Gasteiger partial charge in [-0.15, -0.1) is 0 Å². The molecule has 2 fully saturated rings. The quantitative estimate of drug-likeness (QED) is 0.168. The van der Waals surface area contributed by atoms with E-state index in [1.165, 1.54) is 80.0 Å². The second-order valence-corrected chi connectivity index (χ2v) is 10.7. The first-order valence-electron chi connectivity index (χ1n) is 20.3. The maximum absolute atomic E-state index is 7.00. The summed E-state index contributed by atoms with van der Waals surface area (Å²) in [4.78, 5) is 0. The minimum atomic E-state index is 0.280. The van der Waals surface area contributed by atoms with Crippen LogP contribution in [0.4, 0.5) is 0 Å². The number of aliphatic hydroxyl groups excluding tert-OH is 4. The van der Waals surface area contributed by atoms with Crippen molar-refractivity contribution in [2.24, 2.45) is 0 Å². The predicted molar refractivity (Wildman–Crippen MR) is 238 cm³/mol. The van der Waals surface area contributed by atoms with Gasteiger partial charge in [0.1, 0.15) is 0 Å². The van der Waals surface area contributed by atoms with Crippen LogP contribution in [0.25, 0.3) is 0 Å². The summed E-state index contributed by atoms with van der Waals surface area (Å²) in [7, 11) is 4.00. The Bertz CT molecular complexity index is 976. The van der Waals surface area contributed by atoms with Crippen molar-refractivity contribution >= 4 is 0 Å². The second kappa shape index (κ2) is 44.9. The SMILES string of the molecule is CC.CC.CC.CC.CCC.CO.CO.CO.CO.c1ccc(C2(c3ccccc3)CCCC2)cc1.c1ccc(C2(c3ccccc3)CCCC2)cc1. The fourth-order valence-electron chi connectivity index (χ4n) is 6.47. The lowest BCUT2D eigenvalue weighted by atomic mass is 9.73. The van der Waals surface area contributed by atoms with E-state index in [0.29, 0.717) is 0 Å². The van der Waals surface area contributed by atoms with Crippen molar-refractivity contribution in [3.8, 4) is 0 Å². The minimum Gasteiger partial charge on any atom is -0.400 e. The molecule has 2 aliphatic carbocycles. The van der Waals surface area contributed by atoms with Crippen LogP contribution >= 0.6 is 0 Å². The van der Waals surface area contributed by atoms with E-state index in [-0.39, 0.29) is 10.8 Å². The molecule has 4 N–H and O–H groups in total. The van der Waals surface area contributed by atoms with Gasteiger partial charge in [-0.2, -0.15) is 0 Å². The van der Waals surface area contributed by atoms with Crippen LogP contribution in [0.2, 0.25) is 0 Å².